The minimum absolute atomic E-state index is 0.0649. The zero-order valence-corrected chi connectivity index (χ0v) is 43.7. The molecule has 376 valence electrons. The molecule has 0 aromatic rings. The average Bonchev–Trinajstić information content (AvgIpc) is 3.24. The Bertz CT molecular complexity index is 1040. The van der Waals surface area contributed by atoms with Crippen LogP contribution < -0.4 is 5.32 Å². The van der Waals surface area contributed by atoms with Crippen LogP contribution in [-0.2, 0) is 18.4 Å². The number of nitrogens with zero attached hydrogens (tertiary/aromatic N) is 1. The molecule has 3 N–H and O–H groups in total. The van der Waals surface area contributed by atoms with E-state index in [0.29, 0.717) is 17.4 Å². The third-order valence-electron chi connectivity index (χ3n) is 12.8. The third kappa shape index (κ3) is 49.0. The fourth-order valence-corrected chi connectivity index (χ4v) is 9.13. The molecule has 0 heterocycles. The molecular weight excluding hydrogens is 804 g/mol. The van der Waals surface area contributed by atoms with Gasteiger partial charge in [0.05, 0.1) is 39.9 Å². The lowest BCUT2D eigenvalue weighted by Crippen LogP contribution is -2.45. The Morgan fingerprint density at radius 3 is 1.17 bits per heavy atom. The number of likely N-dealkylation sites (N-methyl/N-ethyl adjacent to an activating group) is 1. The first-order valence-electron chi connectivity index (χ1n) is 27.6. The van der Waals surface area contributed by atoms with Crippen molar-refractivity contribution in [3.05, 3.63) is 12.2 Å². The van der Waals surface area contributed by atoms with Gasteiger partial charge in [-0.3, -0.25) is 13.8 Å². The van der Waals surface area contributed by atoms with E-state index < -0.39 is 20.0 Å². The maximum atomic E-state index is 12.9. The molecule has 0 spiro atoms. The molecule has 0 aliphatic heterocycles. The van der Waals surface area contributed by atoms with Crippen molar-refractivity contribution >= 4 is 13.7 Å². The van der Waals surface area contributed by atoms with Gasteiger partial charge in [-0.1, -0.05) is 264 Å². The van der Waals surface area contributed by atoms with Gasteiger partial charge in [0, 0.05) is 6.42 Å². The number of allylic oxidation sites excluding steroid dienone is 1. The summed E-state index contributed by atoms with van der Waals surface area (Å²) in [7, 11) is 1.59. The molecule has 0 radical (unpaired) electrons. The van der Waals surface area contributed by atoms with E-state index in [-0.39, 0.29) is 19.1 Å². The first-order chi connectivity index (χ1) is 30.5. The van der Waals surface area contributed by atoms with Crippen LogP contribution in [0.5, 0.6) is 0 Å². The lowest BCUT2D eigenvalue weighted by atomic mass is 10.0. The second-order valence-electron chi connectivity index (χ2n) is 20.3. The van der Waals surface area contributed by atoms with Crippen LogP contribution in [0.2, 0.25) is 0 Å². The highest BCUT2D eigenvalue weighted by Gasteiger charge is 2.27. The van der Waals surface area contributed by atoms with Crippen LogP contribution in [0.4, 0.5) is 0 Å². The average molecular weight is 914 g/mol. The zero-order chi connectivity index (χ0) is 46.4. The van der Waals surface area contributed by atoms with E-state index in [1.165, 1.54) is 218 Å². The fourth-order valence-electron chi connectivity index (χ4n) is 8.40. The Hall–Kier alpha value is -0.760. The van der Waals surface area contributed by atoms with Gasteiger partial charge in [-0.25, -0.2) is 4.57 Å². The molecule has 0 aromatic carbocycles. The summed E-state index contributed by atoms with van der Waals surface area (Å²) in [5.41, 5.74) is 0. The van der Waals surface area contributed by atoms with E-state index in [1.807, 2.05) is 27.2 Å². The van der Waals surface area contributed by atoms with Gasteiger partial charge < -0.3 is 19.8 Å². The van der Waals surface area contributed by atoms with E-state index in [2.05, 4.69) is 19.2 Å². The maximum absolute atomic E-state index is 12.9. The number of aliphatic hydroxyl groups is 1. The summed E-state index contributed by atoms with van der Waals surface area (Å²) in [6.07, 6.45) is 55.9. The van der Waals surface area contributed by atoms with Crippen molar-refractivity contribution in [2.75, 3.05) is 40.9 Å². The summed E-state index contributed by atoms with van der Waals surface area (Å²) >= 11 is 0. The summed E-state index contributed by atoms with van der Waals surface area (Å²) < 4.78 is 23.7. The molecule has 9 heteroatoms. The molecular formula is C54H110N2O6P+. The SMILES string of the molecule is CCCCCCCCCCCCCC/C=C/C(O)C(COP(=O)(O)OCC[N+](C)(C)C)NC(=O)CCCCCCCCCCCCCCCCCCCCCCCCCCCCC. The van der Waals surface area contributed by atoms with Crippen LogP contribution >= 0.6 is 7.82 Å². The molecule has 0 fully saturated rings. The third-order valence-corrected chi connectivity index (χ3v) is 13.7. The Kier molecular flexibility index (Phi) is 45.8. The van der Waals surface area contributed by atoms with Gasteiger partial charge in [0.15, 0.2) is 0 Å². The monoisotopic (exact) mass is 914 g/mol. The van der Waals surface area contributed by atoms with Crippen molar-refractivity contribution in [2.45, 2.75) is 289 Å². The summed E-state index contributed by atoms with van der Waals surface area (Å²) in [6.45, 7) is 4.85. The number of phosphoric acid groups is 1. The highest BCUT2D eigenvalue weighted by atomic mass is 31.2. The minimum atomic E-state index is -4.34. The number of nitrogens with one attached hydrogen (secondary N) is 1. The lowest BCUT2D eigenvalue weighted by Gasteiger charge is -2.25. The molecule has 0 aromatic heterocycles. The first kappa shape index (κ1) is 62.2. The Labute approximate surface area is 392 Å². The van der Waals surface area contributed by atoms with Crippen LogP contribution in [-0.4, -0.2) is 73.4 Å². The van der Waals surface area contributed by atoms with E-state index in [1.54, 1.807) is 6.08 Å². The molecule has 8 nitrogen and oxygen atoms in total. The Balaban J connectivity index is 4.10. The number of rotatable bonds is 51. The standard InChI is InChI=1S/C54H109N2O6P/c1-6-8-10-12-14-16-18-20-22-23-24-25-26-27-28-29-30-31-32-33-34-36-38-40-42-44-46-48-54(58)55-52(51-62-63(59,60)61-50-49-56(3,4)5)53(57)47-45-43-41-39-37-35-21-19-17-15-13-11-9-7-2/h45,47,52-53,57H,6-44,46,48-51H2,1-5H3,(H-,55,58,59,60)/p+1/b47-45+. The van der Waals surface area contributed by atoms with Gasteiger partial charge in [-0.05, 0) is 19.3 Å². The molecule has 0 rings (SSSR count). The second kappa shape index (κ2) is 46.4. The lowest BCUT2D eigenvalue weighted by molar-refractivity contribution is -0.870. The topological polar surface area (TPSA) is 105 Å². The van der Waals surface area contributed by atoms with Crippen molar-refractivity contribution in [1.29, 1.82) is 0 Å². The van der Waals surface area contributed by atoms with Crippen molar-refractivity contribution in [3.8, 4) is 0 Å². The van der Waals surface area contributed by atoms with Gasteiger partial charge in [0.25, 0.3) is 0 Å². The van der Waals surface area contributed by atoms with Crippen LogP contribution in [0.15, 0.2) is 12.2 Å². The number of phosphoric ester groups is 1. The molecule has 3 atom stereocenters. The number of carbonyl (C=O) groups excluding carboxylic acids is 1. The number of aliphatic hydroxyl groups excluding tert-OH is 1. The maximum Gasteiger partial charge on any atom is 0.472 e. The number of amides is 1. The first-order valence-corrected chi connectivity index (χ1v) is 29.1. The molecule has 0 saturated heterocycles. The van der Waals surface area contributed by atoms with Crippen LogP contribution in [0, 0.1) is 0 Å². The van der Waals surface area contributed by atoms with E-state index in [9.17, 15) is 19.4 Å². The smallest absolute Gasteiger partial charge is 0.387 e. The number of quaternary nitrogens is 1. The van der Waals surface area contributed by atoms with Crippen molar-refractivity contribution in [3.63, 3.8) is 0 Å². The number of hydrogen-bond acceptors (Lipinski definition) is 5. The molecule has 63 heavy (non-hydrogen) atoms. The van der Waals surface area contributed by atoms with E-state index in [4.69, 9.17) is 9.05 Å². The Morgan fingerprint density at radius 1 is 0.524 bits per heavy atom. The molecule has 1 amide bonds. The largest absolute Gasteiger partial charge is 0.472 e. The quantitative estimate of drug-likeness (QED) is 0.0243. The normalized spacial score (nSPS) is 14.1. The van der Waals surface area contributed by atoms with E-state index >= 15 is 0 Å². The minimum Gasteiger partial charge on any atom is -0.387 e. The highest BCUT2D eigenvalue weighted by Crippen LogP contribution is 2.43. The zero-order valence-electron chi connectivity index (χ0n) is 42.8. The molecule has 0 aliphatic rings. The summed E-state index contributed by atoms with van der Waals surface area (Å²) in [5.74, 6) is -0.171. The van der Waals surface area contributed by atoms with Crippen molar-refractivity contribution < 1.29 is 32.9 Å². The van der Waals surface area contributed by atoms with Crippen LogP contribution in [0.1, 0.15) is 277 Å². The van der Waals surface area contributed by atoms with Gasteiger partial charge in [-0.2, -0.15) is 0 Å². The predicted molar refractivity (Wildman–Crippen MR) is 272 cm³/mol. The van der Waals surface area contributed by atoms with Gasteiger partial charge in [-0.15, -0.1) is 0 Å². The summed E-state index contributed by atoms with van der Waals surface area (Å²) in [5, 5.41) is 13.9. The summed E-state index contributed by atoms with van der Waals surface area (Å²) in [4.78, 5) is 23.2. The molecule has 0 saturated carbocycles. The fraction of sp³-hybridized carbons (Fsp3) is 0.944. The number of carbonyl (C=O) groups is 1. The van der Waals surface area contributed by atoms with Crippen LogP contribution in [0.25, 0.3) is 0 Å². The number of hydrogen-bond donors (Lipinski definition) is 3. The van der Waals surface area contributed by atoms with Gasteiger partial charge in [0.2, 0.25) is 5.91 Å². The van der Waals surface area contributed by atoms with Crippen LogP contribution in [0.3, 0.4) is 0 Å². The Morgan fingerprint density at radius 2 is 0.841 bits per heavy atom. The number of unbranched alkanes of at least 4 members (excludes halogenated alkanes) is 38. The molecule has 0 aliphatic carbocycles. The van der Waals surface area contributed by atoms with E-state index in [0.717, 1.165) is 38.5 Å². The van der Waals surface area contributed by atoms with Crippen molar-refractivity contribution in [1.82, 2.24) is 5.32 Å². The second-order valence-corrected chi connectivity index (χ2v) is 21.8. The van der Waals surface area contributed by atoms with Gasteiger partial charge in [0.1, 0.15) is 13.2 Å². The van der Waals surface area contributed by atoms with Crippen molar-refractivity contribution in [2.24, 2.45) is 0 Å². The predicted octanol–water partition coefficient (Wildman–Crippen LogP) is 16.3. The molecule has 3 unspecified atom stereocenters. The highest BCUT2D eigenvalue weighted by molar-refractivity contribution is 7.47. The van der Waals surface area contributed by atoms with Gasteiger partial charge >= 0.3 is 7.82 Å². The molecule has 0 bridgehead atoms. The summed E-state index contributed by atoms with van der Waals surface area (Å²) in [6, 6.07) is -0.841.